The molecule has 0 aliphatic rings. The van der Waals surface area contributed by atoms with Crippen LogP contribution in [0.2, 0.25) is 0 Å². The molecule has 0 saturated heterocycles. The SMILES string of the molecule is NCP(CN)CN. The van der Waals surface area contributed by atoms with Crippen molar-refractivity contribution in [2.75, 3.05) is 18.9 Å². The van der Waals surface area contributed by atoms with Gasteiger partial charge in [-0.1, -0.05) is 7.92 Å². The molecule has 0 aromatic carbocycles. The maximum atomic E-state index is 5.26. The fourth-order valence-electron chi connectivity index (χ4n) is 0.224. The normalized spacial score (nSPS) is 10.3. The van der Waals surface area contributed by atoms with Crippen LogP contribution >= 0.6 is 7.92 Å². The Labute approximate surface area is 45.0 Å². The number of nitrogens with two attached hydrogens (primary N) is 3. The van der Waals surface area contributed by atoms with Gasteiger partial charge < -0.3 is 17.2 Å². The van der Waals surface area contributed by atoms with Crippen LogP contribution in [0.4, 0.5) is 0 Å². The molecule has 0 amide bonds. The van der Waals surface area contributed by atoms with Crippen LogP contribution in [0.5, 0.6) is 0 Å². The van der Waals surface area contributed by atoms with E-state index < -0.39 is 0 Å². The molecule has 0 fully saturated rings. The number of hydrogen-bond donors (Lipinski definition) is 3. The van der Waals surface area contributed by atoms with E-state index in [9.17, 15) is 0 Å². The molecule has 0 aliphatic carbocycles. The van der Waals surface area contributed by atoms with Gasteiger partial charge in [-0.25, -0.2) is 0 Å². The lowest BCUT2D eigenvalue weighted by Gasteiger charge is -2.06. The van der Waals surface area contributed by atoms with Crippen LogP contribution in [-0.4, -0.2) is 18.9 Å². The second-order valence-corrected chi connectivity index (χ2v) is 3.66. The molecule has 0 aromatic rings. The Morgan fingerprint density at radius 3 is 1.14 bits per heavy atom. The summed E-state index contributed by atoms with van der Waals surface area (Å²) in [4.78, 5) is 0. The van der Waals surface area contributed by atoms with E-state index in [1.807, 2.05) is 0 Å². The minimum Gasteiger partial charge on any atom is -0.327 e. The Kier molecular flexibility index (Phi) is 4.67. The third-order valence-corrected chi connectivity index (χ3v) is 2.32. The summed E-state index contributed by atoms with van der Waals surface area (Å²) in [6.07, 6.45) is 2.01. The van der Waals surface area contributed by atoms with Crippen LogP contribution in [0.1, 0.15) is 0 Å². The molecule has 0 bridgehead atoms. The molecule has 0 rings (SSSR count). The minimum atomic E-state index is -0.221. The molecule has 0 atom stereocenters. The molecule has 3 nitrogen and oxygen atoms in total. The molecule has 0 aliphatic heterocycles. The Balaban J connectivity index is 2.99. The van der Waals surface area contributed by atoms with Gasteiger partial charge in [0.25, 0.3) is 0 Å². The zero-order chi connectivity index (χ0) is 5.70. The molecule has 0 aromatic heterocycles. The van der Waals surface area contributed by atoms with Crippen molar-refractivity contribution < 1.29 is 0 Å². The zero-order valence-electron chi connectivity index (χ0n) is 4.30. The van der Waals surface area contributed by atoms with Crippen molar-refractivity contribution in [2.24, 2.45) is 17.2 Å². The molecule has 44 valence electrons. The highest BCUT2D eigenvalue weighted by atomic mass is 31.1. The van der Waals surface area contributed by atoms with E-state index in [1.165, 1.54) is 0 Å². The van der Waals surface area contributed by atoms with Gasteiger partial charge in [0.15, 0.2) is 0 Å². The Bertz CT molecular complexity index is 31.7. The maximum Gasteiger partial charge on any atom is 0.0151 e. The van der Waals surface area contributed by atoms with Crippen LogP contribution in [-0.2, 0) is 0 Å². The molecular formula is C3H12N3P. The van der Waals surface area contributed by atoms with Crippen LogP contribution in [0.15, 0.2) is 0 Å². The van der Waals surface area contributed by atoms with Gasteiger partial charge in [-0.3, -0.25) is 0 Å². The summed E-state index contributed by atoms with van der Waals surface area (Å²) in [5.41, 5.74) is 15.8. The minimum absolute atomic E-state index is 0.221. The molecule has 0 saturated carbocycles. The summed E-state index contributed by atoms with van der Waals surface area (Å²) in [6, 6.07) is 0. The highest BCUT2D eigenvalue weighted by molar-refractivity contribution is 7.57. The quantitative estimate of drug-likeness (QED) is 0.428. The van der Waals surface area contributed by atoms with Gasteiger partial charge >= 0.3 is 0 Å². The van der Waals surface area contributed by atoms with Crippen molar-refractivity contribution in [2.45, 2.75) is 0 Å². The second kappa shape index (κ2) is 4.47. The van der Waals surface area contributed by atoms with Crippen molar-refractivity contribution in [1.29, 1.82) is 0 Å². The Morgan fingerprint density at radius 2 is 1.14 bits per heavy atom. The summed E-state index contributed by atoms with van der Waals surface area (Å²) in [5.74, 6) is 0. The van der Waals surface area contributed by atoms with Gasteiger partial charge in [-0.2, -0.15) is 0 Å². The molecule has 4 heteroatoms. The van der Waals surface area contributed by atoms with E-state index in [4.69, 9.17) is 17.2 Å². The average molecular weight is 121 g/mol. The van der Waals surface area contributed by atoms with E-state index in [0.29, 0.717) is 18.9 Å². The van der Waals surface area contributed by atoms with Crippen molar-refractivity contribution in [3.8, 4) is 0 Å². The predicted octanol–water partition coefficient (Wildman–Crippen LogP) is -0.783. The van der Waals surface area contributed by atoms with Crippen LogP contribution in [0.3, 0.4) is 0 Å². The standard InChI is InChI=1S/C3H12N3P/c4-1-7(2-5)3-6/h1-6H2. The third kappa shape index (κ3) is 2.94. The Hall–Kier alpha value is 0.310. The molecule has 6 N–H and O–H groups in total. The third-order valence-electron chi connectivity index (χ3n) is 0.775. The first-order valence-corrected chi connectivity index (χ1v) is 4.07. The van der Waals surface area contributed by atoms with Crippen molar-refractivity contribution in [3.05, 3.63) is 0 Å². The van der Waals surface area contributed by atoms with E-state index in [1.54, 1.807) is 0 Å². The highest BCUT2D eigenvalue weighted by Gasteiger charge is 1.95. The lowest BCUT2D eigenvalue weighted by Crippen LogP contribution is -2.12. The summed E-state index contributed by atoms with van der Waals surface area (Å²) < 4.78 is 0. The fraction of sp³-hybridized carbons (Fsp3) is 1.00. The summed E-state index contributed by atoms with van der Waals surface area (Å²) in [5, 5.41) is 0. The lowest BCUT2D eigenvalue weighted by molar-refractivity contribution is 1.24. The van der Waals surface area contributed by atoms with Crippen LogP contribution in [0, 0.1) is 0 Å². The van der Waals surface area contributed by atoms with Gasteiger partial charge in [0.2, 0.25) is 0 Å². The Morgan fingerprint density at radius 1 is 0.857 bits per heavy atom. The van der Waals surface area contributed by atoms with Crippen molar-refractivity contribution in [1.82, 2.24) is 0 Å². The van der Waals surface area contributed by atoms with E-state index >= 15 is 0 Å². The smallest absolute Gasteiger partial charge is 0.0151 e. The summed E-state index contributed by atoms with van der Waals surface area (Å²) >= 11 is 0. The van der Waals surface area contributed by atoms with Gasteiger partial charge in [-0.15, -0.1) is 0 Å². The zero-order valence-corrected chi connectivity index (χ0v) is 5.20. The van der Waals surface area contributed by atoms with Gasteiger partial charge in [0.05, 0.1) is 0 Å². The van der Waals surface area contributed by atoms with Crippen LogP contribution in [0.25, 0.3) is 0 Å². The maximum absolute atomic E-state index is 5.26. The van der Waals surface area contributed by atoms with E-state index in [0.717, 1.165) is 0 Å². The molecular weight excluding hydrogens is 109 g/mol. The first-order chi connectivity index (χ1) is 3.35. The largest absolute Gasteiger partial charge is 0.327 e. The van der Waals surface area contributed by atoms with Crippen LogP contribution < -0.4 is 17.2 Å². The van der Waals surface area contributed by atoms with Crippen molar-refractivity contribution >= 4 is 7.92 Å². The number of hydrogen-bond acceptors (Lipinski definition) is 3. The summed E-state index contributed by atoms with van der Waals surface area (Å²) in [7, 11) is -0.221. The lowest BCUT2D eigenvalue weighted by atomic mass is 11.5. The van der Waals surface area contributed by atoms with Crippen molar-refractivity contribution in [3.63, 3.8) is 0 Å². The molecule has 7 heavy (non-hydrogen) atoms. The van der Waals surface area contributed by atoms with Gasteiger partial charge in [0, 0.05) is 18.9 Å². The molecule has 0 radical (unpaired) electrons. The highest BCUT2D eigenvalue weighted by Crippen LogP contribution is 2.26. The molecule has 0 spiro atoms. The first-order valence-electron chi connectivity index (χ1n) is 2.17. The van der Waals surface area contributed by atoms with Gasteiger partial charge in [0.1, 0.15) is 0 Å². The topological polar surface area (TPSA) is 78.1 Å². The number of rotatable bonds is 3. The molecule has 0 heterocycles. The average Bonchev–Trinajstić information content (AvgIpc) is 1.72. The monoisotopic (exact) mass is 121 g/mol. The first kappa shape index (κ1) is 7.31. The predicted molar refractivity (Wildman–Crippen MR) is 34.1 cm³/mol. The molecule has 0 unspecified atom stereocenters. The van der Waals surface area contributed by atoms with E-state index in [2.05, 4.69) is 0 Å². The summed E-state index contributed by atoms with van der Waals surface area (Å²) in [6.45, 7) is 0. The van der Waals surface area contributed by atoms with E-state index in [-0.39, 0.29) is 7.92 Å². The fourth-order valence-corrected chi connectivity index (χ4v) is 0.671. The second-order valence-electron chi connectivity index (χ2n) is 1.22. The van der Waals surface area contributed by atoms with Gasteiger partial charge in [-0.05, 0) is 0 Å².